The van der Waals surface area contributed by atoms with Crippen LogP contribution in [0.2, 0.25) is 0 Å². The Bertz CT molecular complexity index is 1010. The summed E-state index contributed by atoms with van der Waals surface area (Å²) in [6.07, 6.45) is 0.850. The van der Waals surface area contributed by atoms with Crippen molar-refractivity contribution in [2.24, 2.45) is 5.73 Å². The number of para-hydroxylation sites is 1. The number of benzene rings is 2. The summed E-state index contributed by atoms with van der Waals surface area (Å²) >= 11 is 6.41. The van der Waals surface area contributed by atoms with Crippen molar-refractivity contribution in [2.75, 3.05) is 5.32 Å². The van der Waals surface area contributed by atoms with E-state index in [0.717, 1.165) is 5.56 Å². The molecule has 2 amide bonds. The predicted octanol–water partition coefficient (Wildman–Crippen LogP) is 5.12. The largest absolute Gasteiger partial charge is 0.488 e. The second-order valence-electron chi connectivity index (χ2n) is 8.64. The number of rotatable bonds is 6. The van der Waals surface area contributed by atoms with Gasteiger partial charge in [-0.1, -0.05) is 43.6 Å². The van der Waals surface area contributed by atoms with Crippen LogP contribution in [0, 0.1) is 6.92 Å². The molecular formula is C24H29ClN2O4. The van der Waals surface area contributed by atoms with E-state index in [1.54, 1.807) is 26.0 Å². The van der Waals surface area contributed by atoms with E-state index >= 15 is 0 Å². The number of amides is 2. The lowest BCUT2D eigenvalue weighted by Crippen LogP contribution is -2.44. The second-order valence-corrected chi connectivity index (χ2v) is 9.26. The molecule has 3 rings (SSSR count). The third-order valence-electron chi connectivity index (χ3n) is 5.49. The zero-order valence-electron chi connectivity index (χ0n) is 18.5. The fourth-order valence-electron chi connectivity index (χ4n) is 4.07. The molecule has 0 fully saturated rings. The number of hydrogen-bond donors (Lipinski definition) is 2. The van der Waals surface area contributed by atoms with E-state index in [1.807, 2.05) is 45.0 Å². The van der Waals surface area contributed by atoms with Crippen molar-refractivity contribution in [3.63, 3.8) is 0 Å². The topological polar surface area (TPSA) is 90.7 Å². The van der Waals surface area contributed by atoms with E-state index in [0.29, 0.717) is 29.0 Å². The van der Waals surface area contributed by atoms with Crippen molar-refractivity contribution in [3.8, 4) is 11.5 Å². The summed E-state index contributed by atoms with van der Waals surface area (Å²) < 4.78 is 12.2. The number of carbonyl (C=O) groups excluding carboxylic acids is 2. The Kier molecular flexibility index (Phi) is 6.23. The molecule has 31 heavy (non-hydrogen) atoms. The molecule has 7 heteroatoms. The molecule has 1 heterocycles. The fraction of sp³-hybridized carbons (Fsp3) is 0.417. The number of fused-ring (bicyclic) bond motifs is 1. The number of halogens is 1. The van der Waals surface area contributed by atoms with Gasteiger partial charge in [0.1, 0.15) is 17.1 Å². The van der Waals surface area contributed by atoms with Crippen LogP contribution in [0.15, 0.2) is 36.4 Å². The fourth-order valence-corrected chi connectivity index (χ4v) is 4.14. The number of ether oxygens (including phenoxy) is 2. The van der Waals surface area contributed by atoms with Crippen LogP contribution in [-0.4, -0.2) is 22.5 Å². The maximum atomic E-state index is 13.5. The average Bonchev–Trinajstić information content (AvgIpc) is 2.68. The third kappa shape index (κ3) is 4.64. The molecule has 2 atom stereocenters. The maximum Gasteiger partial charge on any atom is 0.277 e. The van der Waals surface area contributed by atoms with Crippen LogP contribution in [0.3, 0.4) is 0 Å². The normalized spacial score (nSPS) is 18.8. The van der Waals surface area contributed by atoms with Gasteiger partial charge in [-0.25, -0.2) is 0 Å². The van der Waals surface area contributed by atoms with Gasteiger partial charge in [-0.3, -0.25) is 9.59 Å². The summed E-state index contributed by atoms with van der Waals surface area (Å²) in [5, 5.41) is 1.15. The molecule has 1 aliphatic rings. The summed E-state index contributed by atoms with van der Waals surface area (Å²) in [6.45, 7) is 9.57. The number of anilines is 1. The summed E-state index contributed by atoms with van der Waals surface area (Å²) in [6, 6.07) is 11.0. The molecule has 0 radical (unpaired) electrons. The predicted molar refractivity (Wildman–Crippen MR) is 122 cm³/mol. The van der Waals surface area contributed by atoms with Crippen molar-refractivity contribution < 1.29 is 19.1 Å². The van der Waals surface area contributed by atoms with E-state index < -0.39 is 11.0 Å². The summed E-state index contributed by atoms with van der Waals surface area (Å²) in [5.41, 5.74) is 7.44. The molecule has 166 valence electrons. The molecule has 6 nitrogen and oxygen atoms in total. The van der Waals surface area contributed by atoms with Gasteiger partial charge in [0.2, 0.25) is 0 Å². The Balaban J connectivity index is 2.19. The summed E-state index contributed by atoms with van der Waals surface area (Å²) in [5.74, 6) is -0.303. The van der Waals surface area contributed by atoms with Crippen LogP contribution in [0.4, 0.5) is 5.69 Å². The highest BCUT2D eigenvalue weighted by Crippen LogP contribution is 2.47. The Morgan fingerprint density at radius 3 is 2.55 bits per heavy atom. The number of primary amides is 1. The van der Waals surface area contributed by atoms with Gasteiger partial charge in [0, 0.05) is 17.7 Å². The molecule has 0 aromatic heterocycles. The number of hydrogen-bond acceptors (Lipinski definition) is 4. The number of nitrogens with two attached hydrogens (primary N) is 1. The minimum Gasteiger partial charge on any atom is -0.488 e. The molecule has 0 bridgehead atoms. The van der Waals surface area contributed by atoms with E-state index in [-0.39, 0.29) is 29.6 Å². The van der Waals surface area contributed by atoms with Crippen LogP contribution in [0.1, 0.15) is 67.9 Å². The van der Waals surface area contributed by atoms with Crippen molar-refractivity contribution >= 4 is 29.1 Å². The highest BCUT2D eigenvalue weighted by atomic mass is 35.5. The van der Waals surface area contributed by atoms with E-state index in [4.69, 9.17) is 26.8 Å². The van der Waals surface area contributed by atoms with E-state index in [1.165, 1.54) is 0 Å². The lowest BCUT2D eigenvalue weighted by Gasteiger charge is -2.38. The van der Waals surface area contributed by atoms with Gasteiger partial charge in [0.05, 0.1) is 5.56 Å². The van der Waals surface area contributed by atoms with E-state index in [2.05, 4.69) is 5.32 Å². The van der Waals surface area contributed by atoms with Crippen LogP contribution < -0.4 is 20.5 Å². The van der Waals surface area contributed by atoms with Crippen molar-refractivity contribution in [1.82, 2.24) is 0 Å². The quantitative estimate of drug-likeness (QED) is 0.605. The van der Waals surface area contributed by atoms with Gasteiger partial charge in [-0.15, -0.1) is 0 Å². The molecule has 2 aromatic carbocycles. The Morgan fingerprint density at radius 1 is 1.32 bits per heavy atom. The van der Waals surface area contributed by atoms with Gasteiger partial charge in [-0.2, -0.15) is 0 Å². The monoisotopic (exact) mass is 444 g/mol. The lowest BCUT2D eigenvalue weighted by molar-refractivity contribution is -0.127. The molecule has 0 saturated carbocycles. The first kappa shape index (κ1) is 22.9. The Hall–Kier alpha value is -2.73. The first-order valence-corrected chi connectivity index (χ1v) is 10.8. The maximum absolute atomic E-state index is 13.5. The van der Waals surface area contributed by atoms with Crippen LogP contribution in [-0.2, 0) is 4.79 Å². The zero-order valence-corrected chi connectivity index (χ0v) is 19.3. The minimum absolute atomic E-state index is 0.0122. The van der Waals surface area contributed by atoms with Crippen LogP contribution in [0.5, 0.6) is 11.5 Å². The van der Waals surface area contributed by atoms with E-state index in [9.17, 15) is 9.59 Å². The van der Waals surface area contributed by atoms with Crippen molar-refractivity contribution in [3.05, 3.63) is 53.1 Å². The Labute approximate surface area is 188 Å². The highest BCUT2D eigenvalue weighted by molar-refractivity contribution is 6.33. The van der Waals surface area contributed by atoms with Gasteiger partial charge < -0.3 is 20.5 Å². The molecule has 0 spiro atoms. The van der Waals surface area contributed by atoms with Crippen molar-refractivity contribution in [2.45, 2.75) is 64.0 Å². The number of nitrogens with one attached hydrogen (secondary N) is 1. The number of alkyl halides is 1. The molecule has 2 aromatic rings. The third-order valence-corrected chi connectivity index (χ3v) is 6.02. The first-order valence-electron chi connectivity index (χ1n) is 10.4. The van der Waals surface area contributed by atoms with Crippen LogP contribution in [0.25, 0.3) is 0 Å². The molecule has 0 aliphatic carbocycles. The van der Waals surface area contributed by atoms with Gasteiger partial charge in [0.15, 0.2) is 0 Å². The summed E-state index contributed by atoms with van der Waals surface area (Å²) in [4.78, 5) is 25.5. The number of aryl methyl sites for hydroxylation is 1. The zero-order chi connectivity index (χ0) is 23.0. The summed E-state index contributed by atoms with van der Waals surface area (Å²) in [7, 11) is 0. The van der Waals surface area contributed by atoms with Gasteiger partial charge in [-0.05, 0) is 56.9 Å². The second kappa shape index (κ2) is 8.42. The SMILES string of the molecule is CCC(Cl)(Oc1c(C)cc2c(c1C(=O)Nc1ccccc1)C(C)CC(C)(C)O2)C(N)=O. The van der Waals surface area contributed by atoms with Gasteiger partial charge in [0.25, 0.3) is 16.9 Å². The molecule has 2 unspecified atom stereocenters. The Morgan fingerprint density at radius 2 is 1.97 bits per heavy atom. The lowest BCUT2D eigenvalue weighted by atomic mass is 9.82. The van der Waals surface area contributed by atoms with Crippen molar-refractivity contribution in [1.29, 1.82) is 0 Å². The minimum atomic E-state index is -1.77. The van der Waals surface area contributed by atoms with Gasteiger partial charge >= 0.3 is 0 Å². The first-order chi connectivity index (χ1) is 14.5. The smallest absolute Gasteiger partial charge is 0.277 e. The standard InChI is InChI=1S/C24H29ClN2O4/c1-6-24(25,22(26)29)31-20-14(2)12-17-18(15(3)13-23(4,5)30-17)19(20)21(28)27-16-10-8-7-9-11-16/h7-12,15H,6,13H2,1-5H3,(H2,26,29)(H,27,28). The molecule has 0 saturated heterocycles. The highest BCUT2D eigenvalue weighted by Gasteiger charge is 2.40. The molecule has 3 N–H and O–H groups in total. The average molecular weight is 445 g/mol. The molecule has 1 aliphatic heterocycles. The molecular weight excluding hydrogens is 416 g/mol. The van der Waals surface area contributed by atoms with Crippen LogP contribution >= 0.6 is 11.6 Å². The number of carbonyl (C=O) groups is 2.